The summed E-state index contributed by atoms with van der Waals surface area (Å²) in [6.45, 7) is 12.6. The van der Waals surface area contributed by atoms with Gasteiger partial charge in [0.25, 0.3) is 0 Å². The highest BCUT2D eigenvalue weighted by Gasteiger charge is 2.31. The van der Waals surface area contributed by atoms with Crippen LogP contribution in [0.5, 0.6) is 0 Å². The van der Waals surface area contributed by atoms with Crippen LogP contribution in [0.4, 0.5) is 0 Å². The first kappa shape index (κ1) is 15.5. The number of rotatable bonds is 3. The van der Waals surface area contributed by atoms with Crippen LogP contribution in [0.3, 0.4) is 0 Å². The number of hydrogen-bond acceptors (Lipinski definition) is 2. The van der Waals surface area contributed by atoms with Crippen LogP contribution in [0.15, 0.2) is 0 Å². The maximum atomic E-state index is 12.0. The van der Waals surface area contributed by atoms with Crippen molar-refractivity contribution in [2.75, 3.05) is 26.2 Å². The van der Waals surface area contributed by atoms with E-state index >= 15 is 0 Å². The molecule has 0 aromatic carbocycles. The highest BCUT2D eigenvalue weighted by Crippen LogP contribution is 2.22. The lowest BCUT2D eigenvalue weighted by Crippen LogP contribution is -2.44. The van der Waals surface area contributed by atoms with Gasteiger partial charge in [-0.2, -0.15) is 0 Å². The van der Waals surface area contributed by atoms with Crippen molar-refractivity contribution in [3.05, 3.63) is 0 Å². The zero-order valence-corrected chi connectivity index (χ0v) is 12.6. The number of likely N-dealkylation sites (tertiary alicyclic amines) is 2. The minimum Gasteiger partial charge on any atom is -0.338 e. The summed E-state index contributed by atoms with van der Waals surface area (Å²) in [5.74, 6) is 0.501. The summed E-state index contributed by atoms with van der Waals surface area (Å²) in [5, 5.41) is 0. The van der Waals surface area contributed by atoms with Gasteiger partial charge in [-0.05, 0) is 38.8 Å². The molecule has 2 rings (SSSR count). The third-order valence-corrected chi connectivity index (χ3v) is 3.82. The Bertz CT molecular complexity index is 247. The van der Waals surface area contributed by atoms with Gasteiger partial charge in [0, 0.05) is 25.0 Å². The number of carbonyl (C=O) groups excluding carboxylic acids is 1. The van der Waals surface area contributed by atoms with Crippen LogP contribution in [0.2, 0.25) is 0 Å². The van der Waals surface area contributed by atoms with Gasteiger partial charge in [-0.15, -0.1) is 0 Å². The molecule has 18 heavy (non-hydrogen) atoms. The average Bonchev–Trinajstić information content (AvgIpc) is 3.02. The lowest BCUT2D eigenvalue weighted by Gasteiger charge is -2.29. The summed E-state index contributed by atoms with van der Waals surface area (Å²) in [6, 6.07) is 0.494. The third-order valence-electron chi connectivity index (χ3n) is 3.82. The van der Waals surface area contributed by atoms with Gasteiger partial charge >= 0.3 is 0 Å². The van der Waals surface area contributed by atoms with E-state index in [4.69, 9.17) is 0 Å². The molecule has 1 atom stereocenters. The molecule has 2 saturated heterocycles. The summed E-state index contributed by atoms with van der Waals surface area (Å²) in [5.41, 5.74) is 0. The molecule has 0 aromatic rings. The second-order valence-corrected chi connectivity index (χ2v) is 5.49. The van der Waals surface area contributed by atoms with Crippen molar-refractivity contribution in [3.8, 4) is 0 Å². The predicted molar refractivity (Wildman–Crippen MR) is 76.6 cm³/mol. The number of carbonyl (C=O) groups is 1. The van der Waals surface area contributed by atoms with Crippen LogP contribution in [0.25, 0.3) is 0 Å². The van der Waals surface area contributed by atoms with Gasteiger partial charge in [0.1, 0.15) is 0 Å². The van der Waals surface area contributed by atoms with E-state index < -0.39 is 0 Å². The monoisotopic (exact) mass is 254 g/mol. The molecule has 2 fully saturated rings. The normalized spacial score (nSPS) is 24.3. The molecule has 0 aromatic heterocycles. The minimum atomic E-state index is 0.152. The Balaban J connectivity index is 0.000000771. The summed E-state index contributed by atoms with van der Waals surface area (Å²) < 4.78 is 0. The first-order chi connectivity index (χ1) is 8.68. The molecular weight excluding hydrogens is 224 g/mol. The van der Waals surface area contributed by atoms with Crippen molar-refractivity contribution in [3.63, 3.8) is 0 Å². The van der Waals surface area contributed by atoms with E-state index in [2.05, 4.69) is 9.80 Å². The Morgan fingerprint density at radius 2 is 1.72 bits per heavy atom. The maximum absolute atomic E-state index is 12.0. The van der Waals surface area contributed by atoms with E-state index in [-0.39, 0.29) is 5.92 Å². The molecule has 0 saturated carbocycles. The Labute approximate surface area is 113 Å². The quantitative estimate of drug-likeness (QED) is 0.773. The molecule has 2 aliphatic rings. The molecule has 2 aliphatic heterocycles. The summed E-state index contributed by atoms with van der Waals surface area (Å²) in [6.07, 6.45) is 5.07. The maximum Gasteiger partial charge on any atom is 0.225 e. The molecule has 1 amide bonds. The first-order valence-electron chi connectivity index (χ1n) is 7.71. The Morgan fingerprint density at radius 1 is 1.11 bits per heavy atom. The van der Waals surface area contributed by atoms with Crippen molar-refractivity contribution in [2.45, 2.75) is 59.4 Å². The number of hydrogen-bond donors (Lipinski definition) is 0. The number of nitrogens with zero attached hydrogens (tertiary/aromatic N) is 2. The van der Waals surface area contributed by atoms with Gasteiger partial charge in [-0.3, -0.25) is 4.79 Å². The van der Waals surface area contributed by atoms with Crippen LogP contribution in [-0.2, 0) is 4.79 Å². The zero-order chi connectivity index (χ0) is 13.5. The largest absolute Gasteiger partial charge is 0.338 e. The van der Waals surface area contributed by atoms with E-state index in [1.807, 2.05) is 27.7 Å². The van der Waals surface area contributed by atoms with E-state index in [1.165, 1.54) is 38.8 Å². The van der Waals surface area contributed by atoms with Crippen LogP contribution in [0, 0.1) is 5.92 Å². The fraction of sp³-hybridized carbons (Fsp3) is 0.933. The van der Waals surface area contributed by atoms with Gasteiger partial charge in [-0.25, -0.2) is 0 Å². The van der Waals surface area contributed by atoms with E-state index in [0.717, 1.165) is 13.1 Å². The van der Waals surface area contributed by atoms with Crippen LogP contribution in [0.1, 0.15) is 53.4 Å². The molecule has 0 radical (unpaired) electrons. The molecule has 0 N–H and O–H groups in total. The van der Waals surface area contributed by atoms with Gasteiger partial charge in [0.05, 0.1) is 0 Å². The Kier molecular flexibility index (Phi) is 6.69. The van der Waals surface area contributed by atoms with Gasteiger partial charge in [0.2, 0.25) is 5.91 Å². The van der Waals surface area contributed by atoms with Crippen molar-refractivity contribution >= 4 is 5.91 Å². The number of amides is 1. The second kappa shape index (κ2) is 7.78. The molecule has 106 valence electrons. The third kappa shape index (κ3) is 3.98. The lowest BCUT2D eigenvalue weighted by atomic mass is 10.1. The van der Waals surface area contributed by atoms with Crippen LogP contribution in [-0.4, -0.2) is 47.9 Å². The summed E-state index contributed by atoms with van der Waals surface area (Å²) in [7, 11) is 0. The highest BCUT2D eigenvalue weighted by atomic mass is 16.2. The van der Waals surface area contributed by atoms with Gasteiger partial charge < -0.3 is 9.80 Å². The summed E-state index contributed by atoms with van der Waals surface area (Å²) in [4.78, 5) is 16.7. The SMILES string of the molecule is CC.CC(C)C(=O)N1CCCC1CN1CCCC1. The molecule has 0 aliphatic carbocycles. The van der Waals surface area contributed by atoms with E-state index in [9.17, 15) is 4.79 Å². The van der Waals surface area contributed by atoms with Crippen LogP contribution < -0.4 is 0 Å². The molecular formula is C15H30N2O. The molecule has 0 spiro atoms. The van der Waals surface area contributed by atoms with E-state index in [1.54, 1.807) is 0 Å². The van der Waals surface area contributed by atoms with Crippen molar-refractivity contribution in [1.82, 2.24) is 9.80 Å². The van der Waals surface area contributed by atoms with Gasteiger partial charge in [0.15, 0.2) is 0 Å². The van der Waals surface area contributed by atoms with Crippen molar-refractivity contribution in [1.29, 1.82) is 0 Å². The lowest BCUT2D eigenvalue weighted by molar-refractivity contribution is -0.135. The van der Waals surface area contributed by atoms with E-state index in [0.29, 0.717) is 11.9 Å². The molecule has 3 nitrogen and oxygen atoms in total. The molecule has 2 heterocycles. The minimum absolute atomic E-state index is 0.152. The zero-order valence-electron chi connectivity index (χ0n) is 12.6. The Hall–Kier alpha value is -0.570. The highest BCUT2D eigenvalue weighted by molar-refractivity contribution is 5.78. The van der Waals surface area contributed by atoms with Gasteiger partial charge in [-0.1, -0.05) is 27.7 Å². The fourth-order valence-electron chi connectivity index (χ4n) is 2.91. The summed E-state index contributed by atoms with van der Waals surface area (Å²) >= 11 is 0. The molecule has 0 bridgehead atoms. The molecule has 3 heteroatoms. The first-order valence-corrected chi connectivity index (χ1v) is 7.71. The topological polar surface area (TPSA) is 23.6 Å². The average molecular weight is 254 g/mol. The standard InChI is InChI=1S/C13H24N2O.C2H6/c1-11(2)13(16)15-9-5-6-12(15)10-14-7-3-4-8-14;1-2/h11-12H,3-10H2,1-2H3;1-2H3. The molecule has 1 unspecified atom stereocenters. The van der Waals surface area contributed by atoms with Crippen molar-refractivity contribution < 1.29 is 4.79 Å². The Morgan fingerprint density at radius 3 is 2.28 bits per heavy atom. The second-order valence-electron chi connectivity index (χ2n) is 5.49. The smallest absolute Gasteiger partial charge is 0.225 e. The van der Waals surface area contributed by atoms with Crippen molar-refractivity contribution in [2.24, 2.45) is 5.92 Å². The predicted octanol–water partition coefficient (Wildman–Crippen LogP) is 2.76. The van der Waals surface area contributed by atoms with Crippen LogP contribution >= 0.6 is 0 Å². The fourth-order valence-corrected chi connectivity index (χ4v) is 2.91.